The molecular formula is C23H33F3N4O2. The predicted octanol–water partition coefficient (Wildman–Crippen LogP) is 4.19. The molecule has 2 aliphatic heterocycles. The molecule has 2 fully saturated rings. The Bertz CT molecular complexity index is 781. The van der Waals surface area contributed by atoms with Gasteiger partial charge in [-0.1, -0.05) is 19.4 Å². The van der Waals surface area contributed by atoms with Crippen LogP contribution in [-0.2, 0) is 11.0 Å². The Morgan fingerprint density at radius 2 is 1.88 bits per heavy atom. The molecule has 1 aromatic rings. The van der Waals surface area contributed by atoms with Gasteiger partial charge in [0.05, 0.1) is 5.56 Å². The first kappa shape index (κ1) is 24.4. The van der Waals surface area contributed by atoms with Crippen LogP contribution in [0.15, 0.2) is 24.3 Å². The van der Waals surface area contributed by atoms with Crippen molar-refractivity contribution < 1.29 is 22.8 Å². The topological polar surface area (TPSA) is 64.7 Å². The molecule has 32 heavy (non-hydrogen) atoms. The van der Waals surface area contributed by atoms with Gasteiger partial charge in [-0.25, -0.2) is 4.79 Å². The van der Waals surface area contributed by atoms with Gasteiger partial charge in [0, 0.05) is 38.3 Å². The van der Waals surface area contributed by atoms with Gasteiger partial charge in [0.2, 0.25) is 5.91 Å². The molecule has 0 aliphatic carbocycles. The van der Waals surface area contributed by atoms with Crippen LogP contribution in [0.5, 0.6) is 0 Å². The summed E-state index contributed by atoms with van der Waals surface area (Å²) < 4.78 is 38.7. The first-order chi connectivity index (χ1) is 15.3. The maximum Gasteiger partial charge on any atom is 0.416 e. The predicted molar refractivity (Wildman–Crippen MR) is 117 cm³/mol. The van der Waals surface area contributed by atoms with Crippen LogP contribution in [0.2, 0.25) is 0 Å². The maximum atomic E-state index is 12.9. The number of rotatable bonds is 7. The standard InChI is InChI=1S/C23H33F3N4O2/c1-2-17-16-30(22(32)28-20-7-5-6-19(15-20)23(24,25)26)12-8-18(17)14-21(31)27-9-13-29-10-3-4-11-29/h5-7,15,17-18H,2-4,8-14,16H2,1H3,(H,27,31)(H,28,32)/t17-,18+/m1/s1. The van der Waals surface area contributed by atoms with Crippen molar-refractivity contribution in [3.63, 3.8) is 0 Å². The lowest BCUT2D eigenvalue weighted by Crippen LogP contribution is -2.46. The van der Waals surface area contributed by atoms with Gasteiger partial charge in [-0.2, -0.15) is 13.2 Å². The lowest BCUT2D eigenvalue weighted by molar-refractivity contribution is -0.137. The molecule has 0 aromatic heterocycles. The zero-order valence-electron chi connectivity index (χ0n) is 18.6. The zero-order chi connectivity index (χ0) is 23.1. The summed E-state index contributed by atoms with van der Waals surface area (Å²) in [7, 11) is 0. The average molecular weight is 455 g/mol. The van der Waals surface area contributed by atoms with Crippen molar-refractivity contribution in [2.75, 3.05) is 44.6 Å². The molecule has 3 amide bonds. The SMILES string of the molecule is CC[C@@H]1CN(C(=O)Nc2cccc(C(F)(F)F)c2)CC[C@H]1CC(=O)NCCN1CCCC1. The number of halogens is 3. The quantitative estimate of drug-likeness (QED) is 0.650. The monoisotopic (exact) mass is 454 g/mol. The van der Waals surface area contributed by atoms with Crippen LogP contribution in [0, 0.1) is 11.8 Å². The highest BCUT2D eigenvalue weighted by molar-refractivity contribution is 5.89. The van der Waals surface area contributed by atoms with Crippen LogP contribution >= 0.6 is 0 Å². The van der Waals surface area contributed by atoms with Crippen LogP contribution in [0.25, 0.3) is 0 Å². The third kappa shape index (κ3) is 6.85. The van der Waals surface area contributed by atoms with E-state index in [1.807, 2.05) is 6.92 Å². The third-order valence-electron chi connectivity index (χ3n) is 6.54. The molecule has 9 heteroatoms. The van der Waals surface area contributed by atoms with E-state index < -0.39 is 17.8 Å². The first-order valence-electron chi connectivity index (χ1n) is 11.5. The largest absolute Gasteiger partial charge is 0.416 e. The van der Waals surface area contributed by atoms with E-state index in [-0.39, 0.29) is 23.4 Å². The van der Waals surface area contributed by atoms with Gasteiger partial charge in [-0.3, -0.25) is 4.79 Å². The van der Waals surface area contributed by atoms with Crippen molar-refractivity contribution in [2.45, 2.75) is 45.2 Å². The molecule has 2 N–H and O–H groups in total. The first-order valence-corrected chi connectivity index (χ1v) is 11.5. The molecule has 0 saturated carbocycles. The summed E-state index contributed by atoms with van der Waals surface area (Å²) in [5, 5.41) is 5.60. The van der Waals surface area contributed by atoms with E-state index in [0.29, 0.717) is 32.5 Å². The number of carbonyl (C=O) groups is 2. The molecule has 1 aromatic carbocycles. The molecule has 3 rings (SSSR count). The number of nitrogens with zero attached hydrogens (tertiary/aromatic N) is 2. The molecule has 0 bridgehead atoms. The van der Waals surface area contributed by atoms with E-state index in [1.54, 1.807) is 4.90 Å². The minimum Gasteiger partial charge on any atom is -0.355 e. The summed E-state index contributed by atoms with van der Waals surface area (Å²) in [4.78, 5) is 29.0. The fourth-order valence-electron chi connectivity index (χ4n) is 4.64. The van der Waals surface area contributed by atoms with E-state index in [0.717, 1.165) is 38.2 Å². The van der Waals surface area contributed by atoms with Crippen LogP contribution in [-0.4, -0.2) is 61.0 Å². The molecule has 2 atom stereocenters. The molecule has 0 spiro atoms. The molecule has 2 aliphatic rings. The second-order valence-electron chi connectivity index (χ2n) is 8.77. The van der Waals surface area contributed by atoms with Crippen LogP contribution < -0.4 is 10.6 Å². The second kappa shape index (κ2) is 11.0. The van der Waals surface area contributed by atoms with E-state index in [9.17, 15) is 22.8 Å². The second-order valence-corrected chi connectivity index (χ2v) is 8.77. The van der Waals surface area contributed by atoms with Crippen molar-refractivity contribution in [3.05, 3.63) is 29.8 Å². The van der Waals surface area contributed by atoms with Gasteiger partial charge in [-0.05, 0) is 62.4 Å². The number of hydrogen-bond donors (Lipinski definition) is 2. The van der Waals surface area contributed by atoms with E-state index >= 15 is 0 Å². The molecule has 2 saturated heterocycles. The van der Waals surface area contributed by atoms with Crippen LogP contribution in [0.1, 0.15) is 44.6 Å². The Hall–Kier alpha value is -2.29. The van der Waals surface area contributed by atoms with Crippen molar-refractivity contribution in [1.29, 1.82) is 0 Å². The van der Waals surface area contributed by atoms with E-state index in [4.69, 9.17) is 0 Å². The summed E-state index contributed by atoms with van der Waals surface area (Å²) in [5.41, 5.74) is -0.673. The number of urea groups is 1. The number of carbonyl (C=O) groups excluding carboxylic acids is 2. The molecule has 0 radical (unpaired) electrons. The van der Waals surface area contributed by atoms with E-state index in [2.05, 4.69) is 15.5 Å². The number of anilines is 1. The number of nitrogens with one attached hydrogen (secondary N) is 2. The Morgan fingerprint density at radius 3 is 2.56 bits per heavy atom. The summed E-state index contributed by atoms with van der Waals surface area (Å²) >= 11 is 0. The molecular weight excluding hydrogens is 421 g/mol. The summed E-state index contributed by atoms with van der Waals surface area (Å²) in [6.07, 6.45) is -0.0196. The Morgan fingerprint density at radius 1 is 1.12 bits per heavy atom. The van der Waals surface area contributed by atoms with Gasteiger partial charge >= 0.3 is 12.2 Å². The summed E-state index contributed by atoms with van der Waals surface area (Å²) in [5.74, 6) is 0.430. The highest BCUT2D eigenvalue weighted by atomic mass is 19.4. The van der Waals surface area contributed by atoms with Gasteiger partial charge in [0.1, 0.15) is 0 Å². The summed E-state index contributed by atoms with van der Waals surface area (Å²) in [6, 6.07) is 4.24. The van der Waals surface area contributed by atoms with Gasteiger partial charge < -0.3 is 20.4 Å². The van der Waals surface area contributed by atoms with Crippen LogP contribution in [0.3, 0.4) is 0 Å². The smallest absolute Gasteiger partial charge is 0.355 e. The van der Waals surface area contributed by atoms with Gasteiger partial charge in [0.15, 0.2) is 0 Å². The lowest BCUT2D eigenvalue weighted by Gasteiger charge is -2.38. The highest BCUT2D eigenvalue weighted by Gasteiger charge is 2.33. The van der Waals surface area contributed by atoms with Gasteiger partial charge in [0.25, 0.3) is 0 Å². The number of alkyl halides is 3. The molecule has 178 valence electrons. The fourth-order valence-corrected chi connectivity index (χ4v) is 4.64. The number of amides is 3. The fraction of sp³-hybridized carbons (Fsp3) is 0.652. The molecule has 0 unspecified atom stereocenters. The Labute approximate surface area is 187 Å². The Kier molecular flexibility index (Phi) is 8.39. The molecule has 2 heterocycles. The number of hydrogen-bond acceptors (Lipinski definition) is 3. The normalized spacial score (nSPS) is 22.1. The number of likely N-dealkylation sites (tertiary alicyclic amines) is 2. The minimum absolute atomic E-state index is 0.0505. The molecule has 6 nitrogen and oxygen atoms in total. The maximum absolute atomic E-state index is 12.9. The van der Waals surface area contributed by atoms with E-state index in [1.165, 1.54) is 25.0 Å². The lowest BCUT2D eigenvalue weighted by atomic mass is 9.81. The van der Waals surface area contributed by atoms with Gasteiger partial charge in [-0.15, -0.1) is 0 Å². The minimum atomic E-state index is -4.46. The van der Waals surface area contributed by atoms with Crippen molar-refractivity contribution in [2.24, 2.45) is 11.8 Å². The average Bonchev–Trinajstić information content (AvgIpc) is 3.27. The Balaban J connectivity index is 1.47. The summed E-state index contributed by atoms with van der Waals surface area (Å²) in [6.45, 7) is 6.77. The third-order valence-corrected chi connectivity index (χ3v) is 6.54. The number of benzene rings is 1. The van der Waals surface area contributed by atoms with Crippen molar-refractivity contribution in [3.8, 4) is 0 Å². The van der Waals surface area contributed by atoms with Crippen LogP contribution in [0.4, 0.5) is 23.7 Å². The number of piperidine rings is 1. The van der Waals surface area contributed by atoms with Crippen molar-refractivity contribution >= 4 is 17.6 Å². The zero-order valence-corrected chi connectivity index (χ0v) is 18.6. The highest BCUT2D eigenvalue weighted by Crippen LogP contribution is 2.32. The van der Waals surface area contributed by atoms with Crippen molar-refractivity contribution in [1.82, 2.24) is 15.1 Å².